The van der Waals surface area contributed by atoms with E-state index in [1.807, 2.05) is 24.3 Å². The van der Waals surface area contributed by atoms with Crippen molar-refractivity contribution in [2.75, 3.05) is 5.32 Å². The molecular weight excluding hydrogens is 386 g/mol. The van der Waals surface area contributed by atoms with Crippen LogP contribution in [0.4, 0.5) is 5.69 Å². The molecule has 0 fully saturated rings. The number of pyridine rings is 1. The van der Waals surface area contributed by atoms with Crippen LogP contribution in [0, 0.1) is 3.57 Å². The van der Waals surface area contributed by atoms with Gasteiger partial charge in [-0.2, -0.15) is 0 Å². The topological polar surface area (TPSA) is 42.0 Å². The quantitative estimate of drug-likeness (QED) is 0.613. The fraction of sp³-hybridized carbons (Fsp3) is 0. The predicted molar refractivity (Wildman–Crippen MR) is 81.4 cm³/mol. The summed E-state index contributed by atoms with van der Waals surface area (Å²) >= 11 is 13.7. The summed E-state index contributed by atoms with van der Waals surface area (Å²) in [5.41, 5.74) is 1.12. The number of rotatable bonds is 2. The summed E-state index contributed by atoms with van der Waals surface area (Å²) in [6.07, 6.45) is 0. The molecule has 0 unspecified atom stereocenters. The van der Waals surface area contributed by atoms with Crippen LogP contribution in [0.2, 0.25) is 10.3 Å². The summed E-state index contributed by atoms with van der Waals surface area (Å²) in [5, 5.41) is 3.17. The molecule has 0 spiro atoms. The molecule has 0 aliphatic rings. The van der Waals surface area contributed by atoms with Gasteiger partial charge in [0.05, 0.1) is 5.69 Å². The number of nitrogens with one attached hydrogen (secondary N) is 1. The first kappa shape index (κ1) is 13.6. The van der Waals surface area contributed by atoms with E-state index >= 15 is 0 Å². The number of hydrogen-bond acceptors (Lipinski definition) is 2. The molecule has 92 valence electrons. The molecule has 0 radical (unpaired) electrons. The van der Waals surface area contributed by atoms with E-state index in [4.69, 9.17) is 23.2 Å². The van der Waals surface area contributed by atoms with Crippen LogP contribution >= 0.6 is 45.8 Å². The lowest BCUT2D eigenvalue weighted by atomic mass is 10.2. The van der Waals surface area contributed by atoms with E-state index < -0.39 is 0 Å². The van der Waals surface area contributed by atoms with Crippen molar-refractivity contribution in [3.63, 3.8) is 0 Å². The number of nitrogens with zero attached hydrogens (tertiary/aromatic N) is 1. The van der Waals surface area contributed by atoms with Crippen LogP contribution < -0.4 is 5.32 Å². The van der Waals surface area contributed by atoms with Crippen molar-refractivity contribution in [2.24, 2.45) is 0 Å². The average Bonchev–Trinajstić information content (AvgIpc) is 2.31. The Morgan fingerprint density at radius 1 is 1.17 bits per heavy atom. The Kier molecular flexibility index (Phi) is 4.42. The van der Waals surface area contributed by atoms with Crippen LogP contribution in [0.15, 0.2) is 36.4 Å². The van der Waals surface area contributed by atoms with Crippen molar-refractivity contribution in [3.05, 3.63) is 55.8 Å². The molecule has 0 bridgehead atoms. The minimum absolute atomic E-state index is 0.190. The number of aromatic nitrogens is 1. The van der Waals surface area contributed by atoms with Gasteiger partial charge >= 0.3 is 0 Å². The van der Waals surface area contributed by atoms with Crippen LogP contribution in [0.1, 0.15) is 10.4 Å². The number of amides is 1. The highest BCUT2D eigenvalue weighted by Gasteiger charge is 2.10. The summed E-state index contributed by atoms with van der Waals surface area (Å²) in [5.74, 6) is -0.273. The first-order valence-corrected chi connectivity index (χ1v) is 6.79. The monoisotopic (exact) mass is 392 g/mol. The van der Waals surface area contributed by atoms with Crippen molar-refractivity contribution in [1.82, 2.24) is 4.98 Å². The molecule has 2 aromatic rings. The van der Waals surface area contributed by atoms with Gasteiger partial charge in [0.1, 0.15) is 10.3 Å². The van der Waals surface area contributed by atoms with E-state index in [1.165, 1.54) is 12.1 Å². The van der Waals surface area contributed by atoms with Crippen molar-refractivity contribution < 1.29 is 4.79 Å². The Labute approximate surface area is 128 Å². The molecule has 1 N–H and O–H groups in total. The van der Waals surface area contributed by atoms with Gasteiger partial charge in [0.15, 0.2) is 0 Å². The van der Waals surface area contributed by atoms with Crippen molar-refractivity contribution in [1.29, 1.82) is 0 Å². The Balaban J connectivity index is 2.25. The Morgan fingerprint density at radius 3 is 2.39 bits per heavy atom. The number of benzene rings is 1. The van der Waals surface area contributed by atoms with Gasteiger partial charge in [0, 0.05) is 9.13 Å². The minimum atomic E-state index is -0.273. The van der Waals surface area contributed by atoms with E-state index in [2.05, 4.69) is 32.9 Å². The molecule has 0 aliphatic heterocycles. The fourth-order valence-electron chi connectivity index (χ4n) is 1.35. The molecule has 1 aromatic carbocycles. The van der Waals surface area contributed by atoms with E-state index in [0.29, 0.717) is 5.56 Å². The zero-order valence-electron chi connectivity index (χ0n) is 8.95. The molecule has 2 rings (SSSR count). The van der Waals surface area contributed by atoms with Crippen LogP contribution in [0.25, 0.3) is 0 Å². The Bertz CT molecular complexity index is 584. The number of anilines is 1. The first-order chi connectivity index (χ1) is 8.56. The van der Waals surface area contributed by atoms with E-state index in [1.54, 1.807) is 0 Å². The summed E-state index contributed by atoms with van der Waals surface area (Å²) < 4.78 is 0.953. The molecule has 0 saturated carbocycles. The van der Waals surface area contributed by atoms with Gasteiger partial charge in [-0.05, 0) is 46.9 Å². The van der Waals surface area contributed by atoms with Crippen molar-refractivity contribution in [2.45, 2.75) is 0 Å². The smallest absolute Gasteiger partial charge is 0.255 e. The molecular formula is C12H7Cl2IN2O. The molecule has 3 nitrogen and oxygen atoms in total. The SMILES string of the molecule is O=C(Nc1ccccc1I)c1cc(Cl)nc(Cl)c1. The second-order valence-electron chi connectivity index (χ2n) is 3.44. The lowest BCUT2D eigenvalue weighted by Gasteiger charge is -2.07. The maximum atomic E-state index is 12.0. The van der Waals surface area contributed by atoms with Gasteiger partial charge in [0.2, 0.25) is 0 Å². The van der Waals surface area contributed by atoms with Crippen molar-refractivity contribution in [3.8, 4) is 0 Å². The zero-order chi connectivity index (χ0) is 13.1. The highest BCUT2D eigenvalue weighted by Crippen LogP contribution is 2.19. The third kappa shape index (κ3) is 3.34. The highest BCUT2D eigenvalue weighted by molar-refractivity contribution is 14.1. The Hall–Kier alpha value is -0.850. The summed E-state index contributed by atoms with van der Waals surface area (Å²) in [4.78, 5) is 15.8. The largest absolute Gasteiger partial charge is 0.321 e. The molecule has 0 saturated heterocycles. The van der Waals surface area contributed by atoms with Gasteiger partial charge in [-0.1, -0.05) is 35.3 Å². The van der Waals surface area contributed by atoms with Crippen LogP contribution in [-0.4, -0.2) is 10.9 Å². The van der Waals surface area contributed by atoms with Gasteiger partial charge in [-0.25, -0.2) is 4.98 Å². The van der Waals surface area contributed by atoms with Gasteiger partial charge < -0.3 is 5.32 Å². The van der Waals surface area contributed by atoms with Crippen LogP contribution in [0.5, 0.6) is 0 Å². The maximum Gasteiger partial charge on any atom is 0.255 e. The molecule has 0 aliphatic carbocycles. The van der Waals surface area contributed by atoms with Crippen LogP contribution in [0.3, 0.4) is 0 Å². The van der Waals surface area contributed by atoms with E-state index in [-0.39, 0.29) is 16.2 Å². The lowest BCUT2D eigenvalue weighted by Crippen LogP contribution is -2.13. The standard InChI is InChI=1S/C12H7Cl2IN2O/c13-10-5-7(6-11(14)17-10)12(18)16-9-4-2-1-3-8(9)15/h1-6H,(H,16,18). The third-order valence-corrected chi connectivity index (χ3v) is 3.48. The molecule has 1 heterocycles. The van der Waals surface area contributed by atoms with Gasteiger partial charge in [-0.3, -0.25) is 4.79 Å². The lowest BCUT2D eigenvalue weighted by molar-refractivity contribution is 0.102. The number of para-hydroxylation sites is 1. The van der Waals surface area contributed by atoms with Gasteiger partial charge in [-0.15, -0.1) is 0 Å². The van der Waals surface area contributed by atoms with Crippen LogP contribution in [-0.2, 0) is 0 Å². The van der Waals surface area contributed by atoms with Gasteiger partial charge in [0.25, 0.3) is 5.91 Å². The predicted octanol–water partition coefficient (Wildman–Crippen LogP) is 4.25. The summed E-state index contributed by atoms with van der Waals surface area (Å²) in [6, 6.07) is 10.4. The zero-order valence-corrected chi connectivity index (χ0v) is 12.6. The molecule has 1 aromatic heterocycles. The number of hydrogen-bond donors (Lipinski definition) is 1. The molecule has 18 heavy (non-hydrogen) atoms. The fourth-order valence-corrected chi connectivity index (χ4v) is 2.34. The highest BCUT2D eigenvalue weighted by atomic mass is 127. The molecule has 6 heteroatoms. The normalized spacial score (nSPS) is 10.2. The summed E-state index contributed by atoms with van der Waals surface area (Å²) in [7, 11) is 0. The second-order valence-corrected chi connectivity index (χ2v) is 5.37. The van der Waals surface area contributed by atoms with E-state index in [0.717, 1.165) is 9.26 Å². The average molecular weight is 393 g/mol. The minimum Gasteiger partial charge on any atom is -0.321 e. The molecule has 1 amide bonds. The number of carbonyl (C=O) groups is 1. The number of halogens is 3. The third-order valence-electron chi connectivity index (χ3n) is 2.15. The van der Waals surface area contributed by atoms with E-state index in [9.17, 15) is 4.79 Å². The number of carbonyl (C=O) groups excluding carboxylic acids is 1. The second kappa shape index (κ2) is 5.86. The Morgan fingerprint density at radius 2 is 1.78 bits per heavy atom. The summed E-state index contributed by atoms with van der Waals surface area (Å²) in [6.45, 7) is 0. The first-order valence-electron chi connectivity index (χ1n) is 4.95. The molecule has 0 atom stereocenters. The van der Waals surface area contributed by atoms with Crippen molar-refractivity contribution >= 4 is 57.4 Å². The maximum absolute atomic E-state index is 12.0.